The summed E-state index contributed by atoms with van der Waals surface area (Å²) >= 11 is 0. The molecule has 0 bridgehead atoms. The Morgan fingerprint density at radius 2 is 1.90 bits per heavy atom. The van der Waals surface area contributed by atoms with Gasteiger partial charge in [-0.3, -0.25) is 9.69 Å². The van der Waals surface area contributed by atoms with E-state index in [0.29, 0.717) is 5.91 Å². The zero-order valence-electron chi connectivity index (χ0n) is 13.2. The third-order valence-electron chi connectivity index (χ3n) is 4.67. The molecule has 2 saturated heterocycles. The molecule has 0 aromatic heterocycles. The van der Waals surface area contributed by atoms with Crippen LogP contribution in [-0.4, -0.2) is 60.5 Å². The van der Waals surface area contributed by atoms with Crippen molar-refractivity contribution in [3.05, 3.63) is 0 Å². The van der Waals surface area contributed by atoms with Gasteiger partial charge in [-0.15, -0.1) is 12.4 Å². The van der Waals surface area contributed by atoms with Crippen LogP contribution in [0.25, 0.3) is 0 Å². The summed E-state index contributed by atoms with van der Waals surface area (Å²) in [6.07, 6.45) is 3.55. The number of piperazine rings is 1. The molecule has 5 heteroatoms. The molecule has 1 amide bonds. The lowest BCUT2D eigenvalue weighted by Crippen LogP contribution is -2.64. The van der Waals surface area contributed by atoms with Gasteiger partial charge in [0.1, 0.15) is 0 Å². The second-order valence-electron chi connectivity index (χ2n) is 6.49. The lowest BCUT2D eigenvalue weighted by atomic mass is 9.92. The van der Waals surface area contributed by atoms with Crippen molar-refractivity contribution < 1.29 is 4.79 Å². The molecule has 2 fully saturated rings. The minimum Gasteiger partial charge on any atom is -0.340 e. The molecular weight excluding hydrogens is 274 g/mol. The smallest absolute Gasteiger partial charge is 0.242 e. The van der Waals surface area contributed by atoms with Gasteiger partial charge in [0.25, 0.3) is 0 Å². The molecular formula is C15H30ClN3O. The van der Waals surface area contributed by atoms with Crippen molar-refractivity contribution in [1.29, 1.82) is 0 Å². The lowest BCUT2D eigenvalue weighted by molar-refractivity contribution is -0.149. The maximum absolute atomic E-state index is 12.6. The molecule has 2 heterocycles. The van der Waals surface area contributed by atoms with Gasteiger partial charge in [0, 0.05) is 26.2 Å². The van der Waals surface area contributed by atoms with Crippen LogP contribution >= 0.6 is 12.4 Å². The second kappa shape index (κ2) is 7.62. The minimum atomic E-state index is -0.321. The van der Waals surface area contributed by atoms with Crippen LogP contribution in [0.15, 0.2) is 0 Å². The molecule has 2 rings (SSSR count). The number of carbonyl (C=O) groups excluding carboxylic acids is 1. The summed E-state index contributed by atoms with van der Waals surface area (Å²) in [5.74, 6) is 1.07. The van der Waals surface area contributed by atoms with E-state index in [4.69, 9.17) is 0 Å². The number of halogens is 1. The van der Waals surface area contributed by atoms with Crippen LogP contribution in [0, 0.1) is 5.92 Å². The third-order valence-corrected chi connectivity index (χ3v) is 4.67. The molecule has 0 spiro atoms. The maximum atomic E-state index is 12.6. The molecule has 0 unspecified atom stereocenters. The molecule has 2 aliphatic heterocycles. The molecule has 118 valence electrons. The van der Waals surface area contributed by atoms with Gasteiger partial charge in [-0.25, -0.2) is 0 Å². The van der Waals surface area contributed by atoms with Gasteiger partial charge in [-0.2, -0.15) is 0 Å². The number of amides is 1. The lowest BCUT2D eigenvalue weighted by Gasteiger charge is -2.47. The highest BCUT2D eigenvalue weighted by Crippen LogP contribution is 2.25. The highest BCUT2D eigenvalue weighted by atomic mass is 35.5. The van der Waals surface area contributed by atoms with Crippen molar-refractivity contribution in [3.8, 4) is 0 Å². The largest absolute Gasteiger partial charge is 0.340 e. The number of nitrogens with one attached hydrogen (secondary N) is 1. The summed E-state index contributed by atoms with van der Waals surface area (Å²) in [5, 5.41) is 3.41. The van der Waals surface area contributed by atoms with Gasteiger partial charge in [-0.05, 0) is 52.1 Å². The number of carbonyl (C=O) groups is 1. The molecule has 0 aromatic carbocycles. The molecule has 2 aliphatic rings. The van der Waals surface area contributed by atoms with E-state index in [1.54, 1.807) is 0 Å². The van der Waals surface area contributed by atoms with E-state index in [0.717, 1.165) is 51.6 Å². The van der Waals surface area contributed by atoms with Gasteiger partial charge in [0.05, 0.1) is 5.54 Å². The Morgan fingerprint density at radius 3 is 2.50 bits per heavy atom. The summed E-state index contributed by atoms with van der Waals surface area (Å²) in [6, 6.07) is 0. The molecule has 0 saturated carbocycles. The highest BCUT2D eigenvalue weighted by molar-refractivity contribution is 5.86. The first-order chi connectivity index (χ1) is 9.05. The van der Waals surface area contributed by atoms with E-state index < -0.39 is 0 Å². The Morgan fingerprint density at radius 1 is 1.25 bits per heavy atom. The van der Waals surface area contributed by atoms with Crippen LogP contribution in [0.4, 0.5) is 0 Å². The minimum absolute atomic E-state index is 0. The first kappa shape index (κ1) is 17.7. The zero-order chi connectivity index (χ0) is 13.9. The molecule has 0 aromatic rings. The Balaban J connectivity index is 0.00000200. The van der Waals surface area contributed by atoms with Crippen LogP contribution in [0.2, 0.25) is 0 Å². The topological polar surface area (TPSA) is 35.6 Å². The van der Waals surface area contributed by atoms with Crippen molar-refractivity contribution in [2.45, 2.75) is 45.6 Å². The van der Waals surface area contributed by atoms with Crippen molar-refractivity contribution in [1.82, 2.24) is 15.1 Å². The second-order valence-corrected chi connectivity index (χ2v) is 6.49. The monoisotopic (exact) mass is 303 g/mol. The number of piperidine rings is 1. The molecule has 0 radical (unpaired) electrons. The Bertz CT molecular complexity index is 316. The normalized spacial score (nSPS) is 24.6. The van der Waals surface area contributed by atoms with E-state index >= 15 is 0 Å². The third kappa shape index (κ3) is 3.86. The van der Waals surface area contributed by atoms with Crippen molar-refractivity contribution in [3.63, 3.8) is 0 Å². The fraction of sp³-hybridized carbons (Fsp3) is 0.933. The fourth-order valence-electron chi connectivity index (χ4n) is 3.32. The Hall–Kier alpha value is -0.320. The van der Waals surface area contributed by atoms with Crippen molar-refractivity contribution in [2.75, 3.05) is 39.3 Å². The van der Waals surface area contributed by atoms with Crippen LogP contribution < -0.4 is 5.32 Å². The average molecular weight is 304 g/mol. The van der Waals surface area contributed by atoms with Gasteiger partial charge in [0.2, 0.25) is 5.91 Å². The van der Waals surface area contributed by atoms with E-state index in [-0.39, 0.29) is 17.9 Å². The summed E-state index contributed by atoms with van der Waals surface area (Å²) in [5.41, 5.74) is -0.321. The summed E-state index contributed by atoms with van der Waals surface area (Å²) in [6.45, 7) is 12.5. The quantitative estimate of drug-likeness (QED) is 0.859. The number of hydrogen-bond acceptors (Lipinski definition) is 3. The number of hydrogen-bond donors (Lipinski definition) is 1. The van der Waals surface area contributed by atoms with Crippen molar-refractivity contribution in [2.24, 2.45) is 5.92 Å². The van der Waals surface area contributed by atoms with E-state index in [1.807, 2.05) is 4.90 Å². The number of nitrogens with zero attached hydrogens (tertiary/aromatic N) is 2. The van der Waals surface area contributed by atoms with Crippen LogP contribution in [0.3, 0.4) is 0 Å². The van der Waals surface area contributed by atoms with Crippen LogP contribution in [-0.2, 0) is 4.79 Å². The van der Waals surface area contributed by atoms with Crippen LogP contribution in [0.5, 0.6) is 0 Å². The van der Waals surface area contributed by atoms with Crippen molar-refractivity contribution >= 4 is 18.3 Å². The van der Waals surface area contributed by atoms with E-state index in [1.165, 1.54) is 12.8 Å². The Kier molecular flexibility index (Phi) is 6.76. The first-order valence-electron chi connectivity index (χ1n) is 7.81. The predicted molar refractivity (Wildman–Crippen MR) is 85.4 cm³/mol. The van der Waals surface area contributed by atoms with Crippen LogP contribution in [0.1, 0.15) is 40.0 Å². The summed E-state index contributed by atoms with van der Waals surface area (Å²) in [7, 11) is 0. The molecule has 20 heavy (non-hydrogen) atoms. The zero-order valence-corrected chi connectivity index (χ0v) is 14.0. The van der Waals surface area contributed by atoms with Gasteiger partial charge >= 0.3 is 0 Å². The van der Waals surface area contributed by atoms with E-state index in [9.17, 15) is 4.79 Å². The van der Waals surface area contributed by atoms with Gasteiger partial charge in [0.15, 0.2) is 0 Å². The Labute approximate surface area is 129 Å². The number of rotatable bonds is 4. The van der Waals surface area contributed by atoms with Gasteiger partial charge in [-0.1, -0.05) is 6.92 Å². The van der Waals surface area contributed by atoms with E-state index in [2.05, 4.69) is 31.0 Å². The first-order valence-corrected chi connectivity index (χ1v) is 7.81. The SMILES string of the molecule is CCCN1CCN(CC2CCNCC2)C(C)(C)C1=O.Cl. The maximum Gasteiger partial charge on any atom is 0.242 e. The summed E-state index contributed by atoms with van der Waals surface area (Å²) in [4.78, 5) is 17.0. The molecule has 0 aliphatic carbocycles. The molecule has 4 nitrogen and oxygen atoms in total. The fourth-order valence-corrected chi connectivity index (χ4v) is 3.32. The average Bonchev–Trinajstić information content (AvgIpc) is 2.40. The standard InChI is InChI=1S/C15H29N3O.ClH/c1-4-9-17-10-11-18(15(2,3)14(17)19)12-13-5-7-16-8-6-13;/h13,16H,4-12H2,1-3H3;1H. The predicted octanol–water partition coefficient (Wildman–Crippen LogP) is 1.74. The highest BCUT2D eigenvalue weighted by Gasteiger charge is 2.41. The molecule has 0 atom stereocenters. The van der Waals surface area contributed by atoms with Gasteiger partial charge < -0.3 is 10.2 Å². The summed E-state index contributed by atoms with van der Waals surface area (Å²) < 4.78 is 0. The molecule has 1 N–H and O–H groups in total.